The molecule has 132 valence electrons. The summed E-state index contributed by atoms with van der Waals surface area (Å²) in [6.45, 7) is 7.57. The molecule has 4 fully saturated rings. The fourth-order valence-electron chi connectivity index (χ4n) is 7.14. The van der Waals surface area contributed by atoms with Crippen LogP contribution in [0.25, 0.3) is 0 Å². The number of benzene rings is 1. The maximum Gasteiger partial charge on any atom is 0.188 e. The zero-order valence-electron chi connectivity index (χ0n) is 15.4. The highest BCUT2D eigenvalue weighted by Crippen LogP contribution is 2.70. The lowest BCUT2D eigenvalue weighted by atomic mass is 9.39. The average molecular weight is 393 g/mol. The van der Waals surface area contributed by atoms with E-state index < -0.39 is 0 Å². The van der Waals surface area contributed by atoms with Gasteiger partial charge in [0.15, 0.2) is 6.79 Å². The Balaban J connectivity index is 1.83. The van der Waals surface area contributed by atoms with Gasteiger partial charge in [0.2, 0.25) is 0 Å². The van der Waals surface area contributed by atoms with Crippen molar-refractivity contribution in [3.63, 3.8) is 0 Å². The van der Waals surface area contributed by atoms with Crippen molar-refractivity contribution >= 4 is 15.9 Å². The minimum atomic E-state index is 0.278. The highest BCUT2D eigenvalue weighted by Gasteiger charge is 2.61. The van der Waals surface area contributed by atoms with E-state index in [2.05, 4.69) is 48.8 Å². The Morgan fingerprint density at radius 2 is 1.75 bits per heavy atom. The first-order valence-corrected chi connectivity index (χ1v) is 9.98. The second kappa shape index (κ2) is 5.48. The lowest BCUT2D eigenvalue weighted by Crippen LogP contribution is -2.56. The average Bonchev–Trinajstić information content (AvgIpc) is 2.41. The zero-order chi connectivity index (χ0) is 17.2. The molecule has 0 spiro atoms. The first-order chi connectivity index (χ1) is 11.3. The van der Waals surface area contributed by atoms with E-state index in [1.54, 1.807) is 7.11 Å². The van der Waals surface area contributed by atoms with Gasteiger partial charge in [0.25, 0.3) is 0 Å². The second-order valence-corrected chi connectivity index (χ2v) is 10.4. The summed E-state index contributed by atoms with van der Waals surface area (Å²) >= 11 is 3.75. The Morgan fingerprint density at radius 3 is 2.33 bits per heavy atom. The Labute approximate surface area is 154 Å². The predicted molar refractivity (Wildman–Crippen MR) is 100 cm³/mol. The molecule has 4 bridgehead atoms. The Bertz CT molecular complexity index is 650. The van der Waals surface area contributed by atoms with Gasteiger partial charge in [0.1, 0.15) is 5.75 Å². The summed E-state index contributed by atoms with van der Waals surface area (Å²) in [7, 11) is 1.69. The predicted octanol–water partition coefficient (Wildman–Crippen LogP) is 5.99. The lowest BCUT2D eigenvalue weighted by Gasteiger charge is -2.65. The van der Waals surface area contributed by atoms with Crippen LogP contribution in [-0.4, -0.2) is 13.9 Å². The molecule has 4 aliphatic rings. The van der Waals surface area contributed by atoms with Crippen LogP contribution < -0.4 is 4.74 Å². The quantitative estimate of drug-likeness (QED) is 0.585. The third-order valence-corrected chi connectivity index (χ3v) is 7.30. The van der Waals surface area contributed by atoms with Gasteiger partial charge in [-0.05, 0) is 89.8 Å². The van der Waals surface area contributed by atoms with Gasteiger partial charge in [0, 0.05) is 18.1 Å². The number of hydrogen-bond acceptors (Lipinski definition) is 2. The monoisotopic (exact) mass is 392 g/mol. The molecule has 1 aromatic rings. The maximum atomic E-state index is 6.06. The first-order valence-electron chi connectivity index (χ1n) is 9.19. The van der Waals surface area contributed by atoms with Crippen LogP contribution in [0.3, 0.4) is 0 Å². The molecule has 0 aromatic heterocycles. The molecule has 24 heavy (non-hydrogen) atoms. The van der Waals surface area contributed by atoms with Crippen molar-refractivity contribution in [2.75, 3.05) is 13.9 Å². The van der Waals surface area contributed by atoms with Gasteiger partial charge < -0.3 is 9.47 Å². The van der Waals surface area contributed by atoms with Gasteiger partial charge in [0.05, 0.1) is 4.47 Å². The molecular formula is C21H29BrO2. The van der Waals surface area contributed by atoms with E-state index in [4.69, 9.17) is 9.47 Å². The van der Waals surface area contributed by atoms with Crippen LogP contribution in [0.1, 0.15) is 63.5 Å². The first kappa shape index (κ1) is 16.9. The summed E-state index contributed by atoms with van der Waals surface area (Å²) in [5.41, 5.74) is 4.02. The second-order valence-electron chi connectivity index (χ2n) is 9.58. The number of methoxy groups -OCH3 is 1. The summed E-state index contributed by atoms with van der Waals surface area (Å²) in [6, 6.07) is 4.55. The molecule has 2 nitrogen and oxygen atoms in total. The van der Waals surface area contributed by atoms with Gasteiger partial charge in [-0.25, -0.2) is 0 Å². The number of aryl methyl sites for hydroxylation is 1. The van der Waals surface area contributed by atoms with Crippen molar-refractivity contribution in [2.45, 2.75) is 64.7 Å². The normalized spacial score (nSPS) is 40.1. The molecule has 0 N–H and O–H groups in total. The summed E-state index contributed by atoms with van der Waals surface area (Å²) in [6.07, 6.45) is 8.20. The fourth-order valence-corrected chi connectivity index (χ4v) is 7.82. The standard InChI is InChI=1S/C21H29BrO2/c1-14-5-16(18(17(22)6-14)24-13-23-4)21-9-15-7-19(2,11-21)10-20(3,8-15)12-21/h5-6,15H,7-13H2,1-4H3/t15-,19+,20-,21-. The highest BCUT2D eigenvalue weighted by molar-refractivity contribution is 9.10. The highest BCUT2D eigenvalue weighted by atomic mass is 79.9. The van der Waals surface area contributed by atoms with E-state index >= 15 is 0 Å². The van der Waals surface area contributed by atoms with Crippen LogP contribution in [0.5, 0.6) is 5.75 Å². The number of rotatable bonds is 4. The Morgan fingerprint density at radius 1 is 1.08 bits per heavy atom. The summed E-state index contributed by atoms with van der Waals surface area (Å²) in [5.74, 6) is 1.89. The van der Waals surface area contributed by atoms with Gasteiger partial charge in [-0.1, -0.05) is 19.9 Å². The molecule has 0 unspecified atom stereocenters. The molecule has 4 saturated carbocycles. The van der Waals surface area contributed by atoms with Crippen molar-refractivity contribution in [3.05, 3.63) is 27.7 Å². The SMILES string of the molecule is COCOc1c(Br)cc(C)cc1[C@@]12C[C@@H]3C[C@@](C)(C[C@@](C)(C3)C1)C2. The van der Waals surface area contributed by atoms with Crippen LogP contribution in [0.4, 0.5) is 0 Å². The van der Waals surface area contributed by atoms with Crippen LogP contribution in [0, 0.1) is 23.7 Å². The van der Waals surface area contributed by atoms with E-state index in [1.165, 1.54) is 49.7 Å². The lowest BCUT2D eigenvalue weighted by molar-refractivity contribution is -0.110. The minimum absolute atomic E-state index is 0.278. The molecule has 3 heteroatoms. The molecule has 0 heterocycles. The molecule has 0 amide bonds. The summed E-state index contributed by atoms with van der Waals surface area (Å²) in [4.78, 5) is 0. The largest absolute Gasteiger partial charge is 0.466 e. The summed E-state index contributed by atoms with van der Waals surface area (Å²) in [5, 5.41) is 0. The van der Waals surface area contributed by atoms with Gasteiger partial charge in [-0.15, -0.1) is 0 Å². The summed E-state index contributed by atoms with van der Waals surface area (Å²) < 4.78 is 12.3. The van der Waals surface area contributed by atoms with Crippen LogP contribution in [-0.2, 0) is 10.2 Å². The molecule has 4 aliphatic carbocycles. The molecule has 0 aliphatic heterocycles. The number of halogens is 1. The van der Waals surface area contributed by atoms with Crippen LogP contribution >= 0.6 is 15.9 Å². The number of hydrogen-bond donors (Lipinski definition) is 0. The number of ether oxygens (including phenoxy) is 2. The topological polar surface area (TPSA) is 18.5 Å². The van der Waals surface area contributed by atoms with E-state index in [9.17, 15) is 0 Å². The van der Waals surface area contributed by atoms with E-state index in [-0.39, 0.29) is 5.41 Å². The molecule has 5 rings (SSSR count). The van der Waals surface area contributed by atoms with E-state index in [0.717, 1.165) is 16.1 Å². The Hall–Kier alpha value is -0.540. The third-order valence-electron chi connectivity index (χ3n) is 6.71. The minimum Gasteiger partial charge on any atom is -0.466 e. The van der Waals surface area contributed by atoms with Crippen molar-refractivity contribution in [2.24, 2.45) is 16.7 Å². The van der Waals surface area contributed by atoms with E-state index in [0.29, 0.717) is 17.6 Å². The molecule has 4 atom stereocenters. The van der Waals surface area contributed by atoms with Crippen molar-refractivity contribution in [3.8, 4) is 5.75 Å². The van der Waals surface area contributed by atoms with Gasteiger partial charge in [-0.2, -0.15) is 0 Å². The molecule has 1 aromatic carbocycles. The fraction of sp³-hybridized carbons (Fsp3) is 0.714. The van der Waals surface area contributed by atoms with Crippen LogP contribution in [0.2, 0.25) is 0 Å². The molecule has 0 radical (unpaired) electrons. The van der Waals surface area contributed by atoms with Crippen molar-refractivity contribution in [1.29, 1.82) is 0 Å². The third kappa shape index (κ3) is 2.63. The zero-order valence-corrected chi connectivity index (χ0v) is 17.0. The van der Waals surface area contributed by atoms with Gasteiger partial charge in [-0.3, -0.25) is 0 Å². The smallest absolute Gasteiger partial charge is 0.188 e. The van der Waals surface area contributed by atoms with Crippen molar-refractivity contribution < 1.29 is 9.47 Å². The maximum absolute atomic E-state index is 6.06. The molecule has 0 saturated heterocycles. The van der Waals surface area contributed by atoms with Crippen molar-refractivity contribution in [1.82, 2.24) is 0 Å². The molecular weight excluding hydrogens is 364 g/mol. The Kier molecular flexibility index (Phi) is 3.86. The van der Waals surface area contributed by atoms with Crippen LogP contribution in [0.15, 0.2) is 16.6 Å². The van der Waals surface area contributed by atoms with E-state index in [1.807, 2.05) is 0 Å². The van der Waals surface area contributed by atoms with Gasteiger partial charge >= 0.3 is 0 Å².